The molecule has 0 saturated carbocycles. The van der Waals surface area contributed by atoms with Gasteiger partial charge in [-0.1, -0.05) is 26.0 Å². The molecule has 0 heterocycles. The summed E-state index contributed by atoms with van der Waals surface area (Å²) in [5.41, 5.74) is -2.30. The van der Waals surface area contributed by atoms with Crippen molar-refractivity contribution in [3.8, 4) is 0 Å². The van der Waals surface area contributed by atoms with Gasteiger partial charge in [-0.05, 0) is 33.3 Å². The molecule has 0 radical (unpaired) electrons. The summed E-state index contributed by atoms with van der Waals surface area (Å²) in [5.74, 6) is -3.08. The molecule has 1 aliphatic carbocycles. The predicted octanol–water partition coefficient (Wildman–Crippen LogP) is 2.23. The molecular weight excluding hydrogens is 288 g/mol. The van der Waals surface area contributed by atoms with Crippen LogP contribution in [0.15, 0.2) is 23.8 Å². The van der Waals surface area contributed by atoms with Crippen molar-refractivity contribution < 1.29 is 29.6 Å². The van der Waals surface area contributed by atoms with Crippen molar-refractivity contribution in [3.05, 3.63) is 23.8 Å². The Morgan fingerprint density at radius 3 is 2.14 bits per heavy atom. The van der Waals surface area contributed by atoms with Gasteiger partial charge in [0.25, 0.3) is 0 Å². The van der Waals surface area contributed by atoms with Gasteiger partial charge in [-0.25, -0.2) is 9.59 Å². The van der Waals surface area contributed by atoms with E-state index in [1.54, 1.807) is 27.7 Å². The number of aliphatic hydroxyl groups excluding tert-OH is 1. The second kappa shape index (κ2) is 8.10. The van der Waals surface area contributed by atoms with Gasteiger partial charge in [0.1, 0.15) is 0 Å². The van der Waals surface area contributed by atoms with Crippen LogP contribution in [0.4, 0.5) is 0 Å². The van der Waals surface area contributed by atoms with Crippen molar-refractivity contribution in [2.45, 2.75) is 52.2 Å². The summed E-state index contributed by atoms with van der Waals surface area (Å²) in [5, 5.41) is 26.4. The summed E-state index contributed by atoms with van der Waals surface area (Å²) in [6.07, 6.45) is 5.10. The fourth-order valence-corrected chi connectivity index (χ4v) is 2.00. The molecule has 0 amide bonds. The number of ether oxygens (including phenoxy) is 1. The third-order valence-electron chi connectivity index (χ3n) is 3.01. The fraction of sp³-hybridized carbons (Fsp3) is 0.625. The molecule has 0 aromatic heterocycles. The average molecular weight is 314 g/mol. The predicted molar refractivity (Wildman–Crippen MR) is 82.6 cm³/mol. The molecule has 0 bridgehead atoms. The molecule has 1 unspecified atom stereocenters. The highest BCUT2D eigenvalue weighted by Crippen LogP contribution is 2.36. The number of aliphatic hydroxyl groups is 1. The third kappa shape index (κ3) is 5.27. The molecule has 0 spiro atoms. The lowest BCUT2D eigenvalue weighted by atomic mass is 9.79. The van der Waals surface area contributed by atoms with Crippen molar-refractivity contribution >= 4 is 11.9 Å². The Balaban J connectivity index is 0.000000980. The minimum atomic E-state index is -1.64. The molecule has 0 saturated heterocycles. The lowest BCUT2D eigenvalue weighted by Gasteiger charge is -2.39. The highest BCUT2D eigenvalue weighted by Gasteiger charge is 2.49. The van der Waals surface area contributed by atoms with Gasteiger partial charge >= 0.3 is 11.9 Å². The van der Waals surface area contributed by atoms with Crippen molar-refractivity contribution in [1.82, 2.24) is 0 Å². The quantitative estimate of drug-likeness (QED) is 0.735. The Kier molecular flexibility index (Phi) is 7.49. The SMILES string of the molecule is CCCO.C[C@H]1C(C(=O)O)=CC=CC1(OC(C)(C)C)C(=O)O. The maximum Gasteiger partial charge on any atom is 0.340 e. The van der Waals surface area contributed by atoms with Crippen LogP contribution in [0, 0.1) is 5.92 Å². The first-order valence-electron chi connectivity index (χ1n) is 7.19. The van der Waals surface area contributed by atoms with E-state index in [2.05, 4.69) is 0 Å². The van der Waals surface area contributed by atoms with Crippen LogP contribution in [0.1, 0.15) is 41.0 Å². The normalized spacial score (nSPS) is 24.1. The lowest BCUT2D eigenvalue weighted by Crippen LogP contribution is -2.52. The van der Waals surface area contributed by atoms with Crippen LogP contribution in [0.2, 0.25) is 0 Å². The second-order valence-corrected chi connectivity index (χ2v) is 6.04. The summed E-state index contributed by atoms with van der Waals surface area (Å²) in [6.45, 7) is 8.99. The van der Waals surface area contributed by atoms with Crippen LogP contribution in [0.5, 0.6) is 0 Å². The molecule has 126 valence electrons. The standard InChI is InChI=1S/C13H18O5.C3H8O/c1-8-9(10(14)15)6-5-7-13(8,11(16)17)18-12(2,3)4;1-2-3-4/h5-8H,1-4H3,(H,14,15)(H,16,17);4H,2-3H2,1H3/t8-,13?;/m0./s1. The molecule has 0 aromatic carbocycles. The Labute approximate surface area is 131 Å². The van der Waals surface area contributed by atoms with E-state index in [0.717, 1.165) is 6.42 Å². The van der Waals surface area contributed by atoms with Crippen molar-refractivity contribution in [3.63, 3.8) is 0 Å². The second-order valence-electron chi connectivity index (χ2n) is 6.04. The summed E-state index contributed by atoms with van der Waals surface area (Å²) >= 11 is 0. The molecule has 0 aromatic rings. The maximum absolute atomic E-state index is 11.5. The topological polar surface area (TPSA) is 104 Å². The number of carboxylic acid groups (broad SMARTS) is 2. The van der Waals surface area contributed by atoms with E-state index >= 15 is 0 Å². The lowest BCUT2D eigenvalue weighted by molar-refractivity contribution is -0.181. The Morgan fingerprint density at radius 1 is 1.32 bits per heavy atom. The molecule has 6 nitrogen and oxygen atoms in total. The first kappa shape index (κ1) is 20.3. The zero-order valence-electron chi connectivity index (χ0n) is 13.8. The average Bonchev–Trinajstić information content (AvgIpc) is 2.39. The van der Waals surface area contributed by atoms with E-state index < -0.39 is 29.1 Å². The van der Waals surface area contributed by atoms with Gasteiger partial charge in [-0.3, -0.25) is 0 Å². The highest BCUT2D eigenvalue weighted by atomic mass is 16.5. The first-order chi connectivity index (χ1) is 10.0. The molecule has 1 rings (SSSR count). The van der Waals surface area contributed by atoms with E-state index in [9.17, 15) is 14.7 Å². The Bertz CT molecular complexity index is 456. The van der Waals surface area contributed by atoms with Gasteiger partial charge < -0.3 is 20.1 Å². The van der Waals surface area contributed by atoms with E-state index in [1.807, 2.05) is 6.92 Å². The maximum atomic E-state index is 11.5. The van der Waals surface area contributed by atoms with Crippen molar-refractivity contribution in [2.75, 3.05) is 6.61 Å². The summed E-state index contributed by atoms with van der Waals surface area (Å²) in [4.78, 5) is 22.6. The van der Waals surface area contributed by atoms with Gasteiger partial charge in [0.2, 0.25) is 0 Å². The summed E-state index contributed by atoms with van der Waals surface area (Å²) in [7, 11) is 0. The Morgan fingerprint density at radius 2 is 1.82 bits per heavy atom. The van der Waals surface area contributed by atoms with Crippen LogP contribution < -0.4 is 0 Å². The van der Waals surface area contributed by atoms with Crippen molar-refractivity contribution in [2.24, 2.45) is 5.92 Å². The van der Waals surface area contributed by atoms with Crippen LogP contribution in [-0.4, -0.2) is 45.1 Å². The van der Waals surface area contributed by atoms with E-state index in [1.165, 1.54) is 18.2 Å². The number of rotatable bonds is 4. The molecule has 0 fully saturated rings. The zero-order valence-corrected chi connectivity index (χ0v) is 13.8. The molecule has 2 atom stereocenters. The number of hydrogen-bond donors (Lipinski definition) is 3. The monoisotopic (exact) mass is 314 g/mol. The summed E-state index contributed by atoms with van der Waals surface area (Å²) < 4.78 is 5.63. The van der Waals surface area contributed by atoms with Gasteiger partial charge in [0, 0.05) is 18.1 Å². The van der Waals surface area contributed by atoms with E-state index in [-0.39, 0.29) is 5.57 Å². The number of carboxylic acids is 2. The number of carbonyl (C=O) groups is 2. The van der Waals surface area contributed by atoms with Crippen LogP contribution in [0.3, 0.4) is 0 Å². The number of aliphatic carboxylic acids is 2. The van der Waals surface area contributed by atoms with Gasteiger partial charge in [0.15, 0.2) is 5.60 Å². The van der Waals surface area contributed by atoms with Gasteiger partial charge in [-0.15, -0.1) is 0 Å². The summed E-state index contributed by atoms with van der Waals surface area (Å²) in [6, 6.07) is 0. The minimum absolute atomic E-state index is 0.0316. The fourth-order valence-electron chi connectivity index (χ4n) is 2.00. The highest BCUT2D eigenvalue weighted by molar-refractivity contribution is 5.92. The third-order valence-corrected chi connectivity index (χ3v) is 3.01. The largest absolute Gasteiger partial charge is 0.479 e. The number of allylic oxidation sites excluding steroid dienone is 2. The Hall–Kier alpha value is -1.66. The molecule has 1 aliphatic rings. The molecule has 6 heteroatoms. The molecular formula is C16H26O6. The van der Waals surface area contributed by atoms with Crippen molar-refractivity contribution in [1.29, 1.82) is 0 Å². The smallest absolute Gasteiger partial charge is 0.340 e. The van der Waals surface area contributed by atoms with Gasteiger partial charge in [-0.2, -0.15) is 0 Å². The van der Waals surface area contributed by atoms with Crippen LogP contribution in [-0.2, 0) is 14.3 Å². The van der Waals surface area contributed by atoms with E-state index in [0.29, 0.717) is 6.61 Å². The number of hydrogen-bond acceptors (Lipinski definition) is 4. The first-order valence-corrected chi connectivity index (χ1v) is 7.19. The zero-order chi connectivity index (χ0) is 17.6. The molecule has 3 N–H and O–H groups in total. The van der Waals surface area contributed by atoms with E-state index in [4.69, 9.17) is 14.9 Å². The van der Waals surface area contributed by atoms with Crippen LogP contribution in [0.25, 0.3) is 0 Å². The van der Waals surface area contributed by atoms with Crippen LogP contribution >= 0.6 is 0 Å². The molecule has 22 heavy (non-hydrogen) atoms. The minimum Gasteiger partial charge on any atom is -0.479 e. The van der Waals surface area contributed by atoms with Gasteiger partial charge in [0.05, 0.1) is 5.60 Å². The molecule has 0 aliphatic heterocycles.